The first-order chi connectivity index (χ1) is 8.45. The summed E-state index contributed by atoms with van der Waals surface area (Å²) in [6.07, 6.45) is 2.44. The van der Waals surface area contributed by atoms with Crippen molar-refractivity contribution >= 4 is 5.91 Å². The summed E-state index contributed by atoms with van der Waals surface area (Å²) in [5.41, 5.74) is -1.00. The average molecular weight is 251 g/mol. The molecule has 0 aliphatic heterocycles. The average Bonchev–Trinajstić information content (AvgIpc) is 2.32. The molecular weight excluding hydrogens is 233 g/mol. The third-order valence-corrected chi connectivity index (χ3v) is 2.37. The molecule has 0 aliphatic rings. The molecule has 18 heavy (non-hydrogen) atoms. The molecule has 0 aromatic heterocycles. The van der Waals surface area contributed by atoms with Crippen LogP contribution in [0.15, 0.2) is 36.9 Å². The number of hydrogen-bond donors (Lipinski definition) is 1. The van der Waals surface area contributed by atoms with Crippen LogP contribution in [-0.4, -0.2) is 18.1 Å². The molecule has 0 heterocycles. The minimum atomic E-state index is -1.00. The minimum Gasteiger partial charge on any atom is -0.478 e. The molecule has 4 heteroatoms. The van der Waals surface area contributed by atoms with Gasteiger partial charge in [-0.15, -0.1) is 6.58 Å². The zero-order valence-corrected chi connectivity index (χ0v) is 10.7. The smallest absolute Gasteiger partial charge is 0.263 e. The van der Waals surface area contributed by atoms with E-state index in [-0.39, 0.29) is 11.7 Å². The van der Waals surface area contributed by atoms with Gasteiger partial charge in [-0.1, -0.05) is 6.08 Å². The fraction of sp³-hybridized carbons (Fsp3) is 0.357. The molecule has 1 aromatic rings. The number of ether oxygens (including phenoxy) is 1. The van der Waals surface area contributed by atoms with E-state index in [1.807, 2.05) is 0 Å². The highest BCUT2D eigenvalue weighted by molar-refractivity contribution is 5.84. The molecule has 1 amide bonds. The summed E-state index contributed by atoms with van der Waals surface area (Å²) in [4.78, 5) is 11.9. The SMILES string of the molecule is C=CCCNC(=O)C(C)(C)Oc1ccc(F)cc1. The largest absolute Gasteiger partial charge is 0.478 e. The maximum atomic E-state index is 12.7. The molecule has 0 saturated carbocycles. The molecule has 0 radical (unpaired) electrons. The van der Waals surface area contributed by atoms with E-state index < -0.39 is 5.60 Å². The van der Waals surface area contributed by atoms with E-state index in [4.69, 9.17) is 4.74 Å². The summed E-state index contributed by atoms with van der Waals surface area (Å²) in [7, 11) is 0. The van der Waals surface area contributed by atoms with Crippen LogP contribution in [0, 0.1) is 5.82 Å². The highest BCUT2D eigenvalue weighted by Gasteiger charge is 2.29. The lowest BCUT2D eigenvalue weighted by atomic mass is 10.1. The van der Waals surface area contributed by atoms with E-state index in [0.29, 0.717) is 18.7 Å². The monoisotopic (exact) mass is 251 g/mol. The standard InChI is InChI=1S/C14H18FNO2/c1-4-5-10-16-13(17)14(2,3)18-12-8-6-11(15)7-9-12/h4,6-9H,1,5,10H2,2-3H3,(H,16,17). The lowest BCUT2D eigenvalue weighted by Crippen LogP contribution is -2.46. The van der Waals surface area contributed by atoms with Crippen molar-refractivity contribution in [1.29, 1.82) is 0 Å². The Kier molecular flexibility index (Phi) is 4.89. The number of hydrogen-bond acceptors (Lipinski definition) is 2. The van der Waals surface area contributed by atoms with Crippen LogP contribution in [-0.2, 0) is 4.79 Å². The van der Waals surface area contributed by atoms with Gasteiger partial charge in [0.1, 0.15) is 11.6 Å². The number of carbonyl (C=O) groups is 1. The Morgan fingerprint density at radius 1 is 1.44 bits per heavy atom. The lowest BCUT2D eigenvalue weighted by Gasteiger charge is -2.25. The van der Waals surface area contributed by atoms with Gasteiger partial charge in [0.25, 0.3) is 5.91 Å². The highest BCUT2D eigenvalue weighted by atomic mass is 19.1. The summed E-state index contributed by atoms with van der Waals surface area (Å²) in [6, 6.07) is 5.57. The quantitative estimate of drug-likeness (QED) is 0.623. The van der Waals surface area contributed by atoms with Gasteiger partial charge in [0.05, 0.1) is 0 Å². The van der Waals surface area contributed by atoms with Gasteiger partial charge in [-0.2, -0.15) is 0 Å². The second-order valence-corrected chi connectivity index (χ2v) is 4.40. The van der Waals surface area contributed by atoms with Gasteiger partial charge >= 0.3 is 0 Å². The van der Waals surface area contributed by atoms with Gasteiger partial charge in [-0.25, -0.2) is 4.39 Å². The Balaban J connectivity index is 2.59. The van der Waals surface area contributed by atoms with Gasteiger partial charge in [0, 0.05) is 6.54 Å². The Hall–Kier alpha value is -1.84. The normalized spacial score (nSPS) is 10.8. The van der Waals surface area contributed by atoms with E-state index >= 15 is 0 Å². The molecule has 0 unspecified atom stereocenters. The lowest BCUT2D eigenvalue weighted by molar-refractivity contribution is -0.134. The number of amides is 1. The highest BCUT2D eigenvalue weighted by Crippen LogP contribution is 2.18. The van der Waals surface area contributed by atoms with Crippen molar-refractivity contribution in [2.45, 2.75) is 25.9 Å². The third-order valence-electron chi connectivity index (χ3n) is 2.37. The zero-order chi connectivity index (χ0) is 13.6. The number of rotatable bonds is 6. The Morgan fingerprint density at radius 2 is 2.06 bits per heavy atom. The number of nitrogens with one attached hydrogen (secondary N) is 1. The van der Waals surface area contributed by atoms with E-state index in [1.165, 1.54) is 24.3 Å². The van der Waals surface area contributed by atoms with Crippen LogP contribution >= 0.6 is 0 Å². The molecule has 0 aliphatic carbocycles. The Labute approximate surface area is 107 Å². The summed E-state index contributed by atoms with van der Waals surface area (Å²) < 4.78 is 18.3. The molecule has 0 bridgehead atoms. The maximum absolute atomic E-state index is 12.7. The number of carbonyl (C=O) groups excluding carboxylic acids is 1. The summed E-state index contributed by atoms with van der Waals surface area (Å²) in [5.74, 6) is -0.0930. The Morgan fingerprint density at radius 3 is 2.61 bits per heavy atom. The van der Waals surface area contributed by atoms with Crippen molar-refractivity contribution in [3.8, 4) is 5.75 Å². The fourth-order valence-corrected chi connectivity index (χ4v) is 1.34. The van der Waals surface area contributed by atoms with Crippen molar-refractivity contribution in [3.05, 3.63) is 42.7 Å². The van der Waals surface area contributed by atoms with Crippen LogP contribution in [0.4, 0.5) is 4.39 Å². The van der Waals surface area contributed by atoms with Gasteiger partial charge < -0.3 is 10.1 Å². The van der Waals surface area contributed by atoms with Crippen LogP contribution in [0.1, 0.15) is 20.3 Å². The molecular formula is C14H18FNO2. The minimum absolute atomic E-state index is 0.214. The van der Waals surface area contributed by atoms with Gasteiger partial charge in [-0.05, 0) is 44.5 Å². The summed E-state index contributed by atoms with van der Waals surface area (Å²) in [5, 5.41) is 2.75. The molecule has 0 atom stereocenters. The Bertz CT molecular complexity index is 412. The molecule has 98 valence electrons. The molecule has 1 N–H and O–H groups in total. The van der Waals surface area contributed by atoms with Crippen molar-refractivity contribution in [1.82, 2.24) is 5.32 Å². The zero-order valence-electron chi connectivity index (χ0n) is 10.7. The second kappa shape index (κ2) is 6.19. The third kappa shape index (κ3) is 4.20. The molecule has 0 fully saturated rings. The molecule has 3 nitrogen and oxygen atoms in total. The molecule has 0 saturated heterocycles. The van der Waals surface area contributed by atoms with Crippen LogP contribution < -0.4 is 10.1 Å². The van der Waals surface area contributed by atoms with Crippen molar-refractivity contribution in [3.63, 3.8) is 0 Å². The van der Waals surface area contributed by atoms with E-state index in [0.717, 1.165) is 0 Å². The fourth-order valence-electron chi connectivity index (χ4n) is 1.34. The van der Waals surface area contributed by atoms with Crippen molar-refractivity contribution in [2.24, 2.45) is 0 Å². The van der Waals surface area contributed by atoms with E-state index in [2.05, 4.69) is 11.9 Å². The number of benzene rings is 1. The first-order valence-electron chi connectivity index (χ1n) is 5.79. The van der Waals surface area contributed by atoms with Crippen LogP contribution in [0.3, 0.4) is 0 Å². The molecule has 0 spiro atoms. The predicted molar refractivity (Wildman–Crippen MR) is 68.9 cm³/mol. The summed E-state index contributed by atoms with van der Waals surface area (Å²) in [6.45, 7) is 7.44. The van der Waals surface area contributed by atoms with E-state index in [1.54, 1.807) is 19.9 Å². The van der Waals surface area contributed by atoms with Crippen LogP contribution in [0.2, 0.25) is 0 Å². The van der Waals surface area contributed by atoms with Gasteiger partial charge in [0.15, 0.2) is 5.60 Å². The number of halogens is 1. The second-order valence-electron chi connectivity index (χ2n) is 4.40. The van der Waals surface area contributed by atoms with Gasteiger partial charge in [-0.3, -0.25) is 4.79 Å². The topological polar surface area (TPSA) is 38.3 Å². The van der Waals surface area contributed by atoms with Crippen LogP contribution in [0.5, 0.6) is 5.75 Å². The van der Waals surface area contributed by atoms with Crippen molar-refractivity contribution in [2.75, 3.05) is 6.54 Å². The van der Waals surface area contributed by atoms with E-state index in [9.17, 15) is 9.18 Å². The predicted octanol–water partition coefficient (Wildman–Crippen LogP) is 2.68. The molecule has 1 rings (SSSR count). The van der Waals surface area contributed by atoms with Crippen molar-refractivity contribution < 1.29 is 13.9 Å². The van der Waals surface area contributed by atoms with Crippen LogP contribution in [0.25, 0.3) is 0 Å². The summed E-state index contributed by atoms with van der Waals surface area (Å²) >= 11 is 0. The first kappa shape index (κ1) is 14.2. The van der Waals surface area contributed by atoms with Gasteiger partial charge in [0.2, 0.25) is 0 Å². The molecule has 1 aromatic carbocycles. The first-order valence-corrected chi connectivity index (χ1v) is 5.79. The maximum Gasteiger partial charge on any atom is 0.263 e.